The van der Waals surface area contributed by atoms with Gasteiger partial charge in [0.25, 0.3) is 0 Å². The van der Waals surface area contributed by atoms with Gasteiger partial charge in [-0.05, 0) is 42.5 Å². The smallest absolute Gasteiger partial charge is 0.182 e. The van der Waals surface area contributed by atoms with Crippen LogP contribution in [0.1, 0.15) is 5.56 Å². The van der Waals surface area contributed by atoms with E-state index in [1.165, 1.54) is 12.1 Å². The molecule has 7 heteroatoms. The van der Waals surface area contributed by atoms with Gasteiger partial charge >= 0.3 is 0 Å². The molecule has 0 fully saturated rings. The third-order valence-electron chi connectivity index (χ3n) is 3.56. The molecular weight excluding hydrogens is 329 g/mol. The first-order valence-electron chi connectivity index (χ1n) is 7.47. The topological polar surface area (TPSA) is 55.2 Å². The highest BCUT2D eigenvalue weighted by molar-refractivity contribution is 8.14. The lowest BCUT2D eigenvalue weighted by molar-refractivity contribution is 0.171. The first-order chi connectivity index (χ1) is 11.8. The Bertz CT molecular complexity index is 821. The molecule has 0 saturated carbocycles. The molecule has 5 nitrogen and oxygen atoms in total. The summed E-state index contributed by atoms with van der Waals surface area (Å²) in [5, 5.41) is 5.07. The maximum atomic E-state index is 12.9. The Morgan fingerprint density at radius 3 is 2.58 bits per heavy atom. The van der Waals surface area contributed by atoms with E-state index in [-0.39, 0.29) is 5.82 Å². The van der Waals surface area contributed by atoms with Crippen molar-refractivity contribution in [2.75, 3.05) is 19.0 Å². The lowest BCUT2D eigenvalue weighted by Gasteiger charge is -2.20. The van der Waals surface area contributed by atoms with Crippen molar-refractivity contribution >= 4 is 28.3 Å². The average Bonchev–Trinajstić information content (AvgIpc) is 2.64. The number of fused-ring (bicyclic) bond motifs is 1. The first-order valence-corrected chi connectivity index (χ1v) is 8.46. The van der Waals surface area contributed by atoms with Gasteiger partial charge in [-0.2, -0.15) is 5.10 Å². The second-order valence-corrected chi connectivity index (χ2v) is 6.17. The number of rotatable bonds is 2. The predicted octanol–water partition coefficient (Wildman–Crippen LogP) is 3.33. The van der Waals surface area contributed by atoms with Crippen LogP contribution in [0, 0.1) is 5.82 Å². The summed E-state index contributed by atoms with van der Waals surface area (Å²) in [6, 6.07) is 11.8. The Kier molecular flexibility index (Phi) is 4.08. The van der Waals surface area contributed by atoms with Gasteiger partial charge in [-0.15, -0.1) is 0 Å². The number of hydrazone groups is 1. The normalized spacial score (nSPS) is 18.0. The van der Waals surface area contributed by atoms with Crippen molar-refractivity contribution in [2.24, 2.45) is 10.1 Å². The van der Waals surface area contributed by atoms with Crippen LogP contribution in [-0.2, 0) is 0 Å². The zero-order valence-corrected chi connectivity index (χ0v) is 13.5. The van der Waals surface area contributed by atoms with Gasteiger partial charge in [-0.1, -0.05) is 11.8 Å². The first kappa shape index (κ1) is 15.0. The highest BCUT2D eigenvalue weighted by atomic mass is 32.2. The van der Waals surface area contributed by atoms with E-state index in [2.05, 4.69) is 15.5 Å². The van der Waals surface area contributed by atoms with Crippen molar-refractivity contribution in [1.29, 1.82) is 0 Å². The number of hydrogen-bond donors (Lipinski definition) is 1. The SMILES string of the molecule is Fc1ccc(N=C2NN=C(c3ccc4c(c3)OCCO4)CS2)cc1. The Morgan fingerprint density at radius 2 is 1.83 bits per heavy atom. The van der Waals surface area contributed by atoms with Crippen LogP contribution >= 0.6 is 11.8 Å². The molecule has 0 spiro atoms. The third kappa shape index (κ3) is 3.21. The molecular formula is C17H14FN3O2S. The molecule has 0 saturated heterocycles. The Labute approximate surface area is 142 Å². The summed E-state index contributed by atoms with van der Waals surface area (Å²) < 4.78 is 24.0. The maximum absolute atomic E-state index is 12.9. The highest BCUT2D eigenvalue weighted by Crippen LogP contribution is 2.31. The third-order valence-corrected chi connectivity index (χ3v) is 4.44. The van der Waals surface area contributed by atoms with E-state index < -0.39 is 0 Å². The Morgan fingerprint density at radius 1 is 1.04 bits per heavy atom. The lowest BCUT2D eigenvalue weighted by atomic mass is 10.1. The molecule has 2 aromatic carbocycles. The largest absolute Gasteiger partial charge is 0.486 e. The van der Waals surface area contributed by atoms with Crippen molar-refractivity contribution < 1.29 is 13.9 Å². The van der Waals surface area contributed by atoms with Gasteiger partial charge < -0.3 is 9.47 Å². The molecule has 24 heavy (non-hydrogen) atoms. The van der Waals surface area contributed by atoms with E-state index in [0.29, 0.717) is 29.8 Å². The number of nitrogens with zero attached hydrogens (tertiary/aromatic N) is 2. The van der Waals surface area contributed by atoms with Crippen molar-refractivity contribution in [3.05, 3.63) is 53.8 Å². The van der Waals surface area contributed by atoms with E-state index in [9.17, 15) is 4.39 Å². The fourth-order valence-corrected chi connectivity index (χ4v) is 3.16. The molecule has 2 aliphatic heterocycles. The van der Waals surface area contributed by atoms with Crippen LogP contribution in [0.15, 0.2) is 52.6 Å². The van der Waals surface area contributed by atoms with Gasteiger partial charge in [0.2, 0.25) is 0 Å². The average molecular weight is 343 g/mol. The minimum atomic E-state index is -0.276. The van der Waals surface area contributed by atoms with E-state index >= 15 is 0 Å². The number of aliphatic imine (C=N–C) groups is 1. The van der Waals surface area contributed by atoms with E-state index in [1.807, 2.05) is 18.2 Å². The minimum Gasteiger partial charge on any atom is -0.486 e. The van der Waals surface area contributed by atoms with E-state index in [1.54, 1.807) is 23.9 Å². The second kappa shape index (κ2) is 6.52. The molecule has 2 aromatic rings. The standard InChI is InChI=1S/C17H14FN3O2S/c18-12-2-4-13(5-3-12)19-17-21-20-14(10-24-17)11-1-6-15-16(9-11)23-8-7-22-15/h1-6,9H,7-8,10H2,(H,19,21). The van der Waals surface area contributed by atoms with Gasteiger partial charge in [-0.25, -0.2) is 9.38 Å². The monoisotopic (exact) mass is 343 g/mol. The van der Waals surface area contributed by atoms with Gasteiger partial charge in [0.1, 0.15) is 19.0 Å². The minimum absolute atomic E-state index is 0.276. The fraction of sp³-hybridized carbons (Fsp3) is 0.176. The van der Waals surface area contributed by atoms with Crippen LogP contribution in [-0.4, -0.2) is 29.8 Å². The number of amidine groups is 1. The second-order valence-electron chi connectivity index (χ2n) is 5.21. The molecule has 0 aliphatic carbocycles. The van der Waals surface area contributed by atoms with Crippen molar-refractivity contribution in [2.45, 2.75) is 0 Å². The summed E-state index contributed by atoms with van der Waals surface area (Å²) in [4.78, 5) is 4.41. The summed E-state index contributed by atoms with van der Waals surface area (Å²) >= 11 is 1.54. The zero-order chi connectivity index (χ0) is 16.4. The van der Waals surface area contributed by atoms with Crippen LogP contribution < -0.4 is 14.9 Å². The summed E-state index contributed by atoms with van der Waals surface area (Å²) in [6.45, 7) is 1.14. The Balaban J connectivity index is 1.51. The molecule has 2 heterocycles. The van der Waals surface area contributed by atoms with Crippen LogP contribution in [0.4, 0.5) is 10.1 Å². The van der Waals surface area contributed by atoms with Crippen LogP contribution in [0.3, 0.4) is 0 Å². The summed E-state index contributed by atoms with van der Waals surface area (Å²) in [6.07, 6.45) is 0. The molecule has 1 N–H and O–H groups in total. The molecule has 0 atom stereocenters. The van der Waals surface area contributed by atoms with Gasteiger partial charge in [0.15, 0.2) is 16.7 Å². The van der Waals surface area contributed by atoms with Crippen molar-refractivity contribution in [1.82, 2.24) is 5.43 Å². The molecule has 0 amide bonds. The number of nitrogens with one attached hydrogen (secondary N) is 1. The van der Waals surface area contributed by atoms with Crippen molar-refractivity contribution in [3.63, 3.8) is 0 Å². The molecule has 2 aliphatic rings. The predicted molar refractivity (Wildman–Crippen MR) is 93.1 cm³/mol. The molecule has 4 rings (SSSR count). The van der Waals surface area contributed by atoms with Gasteiger partial charge in [0, 0.05) is 11.3 Å². The van der Waals surface area contributed by atoms with Crippen molar-refractivity contribution in [3.8, 4) is 11.5 Å². The van der Waals surface area contributed by atoms with Crippen LogP contribution in [0.25, 0.3) is 0 Å². The highest BCUT2D eigenvalue weighted by Gasteiger charge is 2.17. The molecule has 0 radical (unpaired) electrons. The van der Waals surface area contributed by atoms with E-state index in [0.717, 1.165) is 22.8 Å². The van der Waals surface area contributed by atoms with Crippen LogP contribution in [0.2, 0.25) is 0 Å². The molecule has 0 bridgehead atoms. The number of thioether (sulfide) groups is 1. The molecule has 0 aromatic heterocycles. The summed E-state index contributed by atoms with van der Waals surface area (Å²) in [5.41, 5.74) is 5.53. The number of ether oxygens (including phenoxy) is 2. The molecule has 122 valence electrons. The van der Waals surface area contributed by atoms with E-state index in [4.69, 9.17) is 9.47 Å². The Hall–Kier alpha value is -2.54. The number of halogens is 1. The van der Waals surface area contributed by atoms with Crippen LogP contribution in [0.5, 0.6) is 11.5 Å². The van der Waals surface area contributed by atoms with Gasteiger partial charge in [0.05, 0.1) is 11.4 Å². The quantitative estimate of drug-likeness (QED) is 0.909. The lowest BCUT2D eigenvalue weighted by Crippen LogP contribution is -2.25. The zero-order valence-electron chi connectivity index (χ0n) is 12.7. The van der Waals surface area contributed by atoms with Gasteiger partial charge in [-0.3, -0.25) is 5.43 Å². The summed E-state index contributed by atoms with van der Waals surface area (Å²) in [7, 11) is 0. The number of benzene rings is 2. The summed E-state index contributed by atoms with van der Waals surface area (Å²) in [5.74, 6) is 1.92. The molecule has 0 unspecified atom stereocenters. The maximum Gasteiger partial charge on any atom is 0.182 e. The number of hydrogen-bond acceptors (Lipinski definition) is 5. The fourth-order valence-electron chi connectivity index (χ4n) is 2.38.